The topological polar surface area (TPSA) is 108 Å². The van der Waals surface area contributed by atoms with Crippen LogP contribution in [-0.4, -0.2) is 62.3 Å². The van der Waals surface area contributed by atoms with Gasteiger partial charge in [-0.25, -0.2) is 9.18 Å². The van der Waals surface area contributed by atoms with Crippen LogP contribution < -0.4 is 11.2 Å². The highest BCUT2D eigenvalue weighted by Crippen LogP contribution is 2.17. The summed E-state index contributed by atoms with van der Waals surface area (Å²) in [6.07, 6.45) is 1.55. The number of hydrogen-bond donors (Lipinski definition) is 1. The van der Waals surface area contributed by atoms with Crippen molar-refractivity contribution in [3.8, 4) is 0 Å². The van der Waals surface area contributed by atoms with Crippen LogP contribution in [0.2, 0.25) is 0 Å². The molecule has 5 rings (SSSR count). The third-order valence-corrected chi connectivity index (χ3v) is 6.25. The van der Waals surface area contributed by atoms with E-state index in [1.54, 1.807) is 53.6 Å². The summed E-state index contributed by atoms with van der Waals surface area (Å²) < 4.78 is 16.1. The van der Waals surface area contributed by atoms with E-state index in [1.165, 1.54) is 27.7 Å². The van der Waals surface area contributed by atoms with Crippen LogP contribution in [0.15, 0.2) is 76.4 Å². The number of piperazine rings is 1. The molecular formula is C26H22FN5O4. The molecule has 36 heavy (non-hydrogen) atoms. The summed E-state index contributed by atoms with van der Waals surface area (Å²) in [5.41, 5.74) is 0.118. The van der Waals surface area contributed by atoms with E-state index in [0.29, 0.717) is 35.2 Å². The van der Waals surface area contributed by atoms with Gasteiger partial charge >= 0.3 is 5.69 Å². The van der Waals surface area contributed by atoms with Gasteiger partial charge < -0.3 is 9.80 Å². The Hall–Kier alpha value is -4.60. The number of nitrogens with zero attached hydrogens (tertiary/aromatic N) is 4. The van der Waals surface area contributed by atoms with E-state index in [1.807, 2.05) is 0 Å². The molecule has 0 bridgehead atoms. The van der Waals surface area contributed by atoms with Crippen molar-refractivity contribution in [1.82, 2.24) is 24.3 Å². The first-order valence-corrected chi connectivity index (χ1v) is 11.4. The molecule has 2 aromatic heterocycles. The van der Waals surface area contributed by atoms with E-state index in [-0.39, 0.29) is 31.1 Å². The number of rotatable bonds is 4. The van der Waals surface area contributed by atoms with Gasteiger partial charge in [0.1, 0.15) is 11.5 Å². The number of aromatic amines is 1. The maximum Gasteiger partial charge on any atom is 0.329 e. The Labute approximate surface area is 204 Å². The van der Waals surface area contributed by atoms with Gasteiger partial charge in [-0.1, -0.05) is 24.3 Å². The van der Waals surface area contributed by atoms with E-state index >= 15 is 0 Å². The number of nitrogens with one attached hydrogen (secondary N) is 1. The zero-order chi connectivity index (χ0) is 25.2. The molecule has 0 radical (unpaired) electrons. The van der Waals surface area contributed by atoms with Gasteiger partial charge in [-0.15, -0.1) is 0 Å². The van der Waals surface area contributed by atoms with E-state index in [2.05, 4.69) is 9.97 Å². The molecular weight excluding hydrogens is 465 g/mol. The number of H-pyrrole nitrogens is 1. The van der Waals surface area contributed by atoms with Gasteiger partial charge in [0, 0.05) is 32.4 Å². The van der Waals surface area contributed by atoms with E-state index in [4.69, 9.17) is 0 Å². The maximum absolute atomic E-state index is 14.7. The van der Waals surface area contributed by atoms with Crippen LogP contribution in [0.25, 0.3) is 10.9 Å². The largest absolute Gasteiger partial charge is 0.335 e. The lowest BCUT2D eigenvalue weighted by atomic mass is 10.1. The lowest BCUT2D eigenvalue weighted by Gasteiger charge is -2.34. The molecule has 10 heteroatoms. The lowest BCUT2D eigenvalue weighted by Crippen LogP contribution is -2.50. The lowest BCUT2D eigenvalue weighted by molar-refractivity contribution is 0.0529. The monoisotopic (exact) mass is 487 g/mol. The van der Waals surface area contributed by atoms with E-state index in [9.17, 15) is 23.6 Å². The maximum atomic E-state index is 14.7. The summed E-state index contributed by atoms with van der Waals surface area (Å²) in [5.74, 6) is -1.37. The molecule has 1 N–H and O–H groups in total. The molecule has 182 valence electrons. The second kappa shape index (κ2) is 9.57. The summed E-state index contributed by atoms with van der Waals surface area (Å²) in [6, 6.07) is 15.9. The molecule has 1 aliphatic rings. The quantitative estimate of drug-likeness (QED) is 0.473. The molecule has 1 fully saturated rings. The second-order valence-electron chi connectivity index (χ2n) is 8.48. The van der Waals surface area contributed by atoms with Crippen molar-refractivity contribution in [3.05, 3.63) is 110 Å². The SMILES string of the molecule is O=C(c1ccccn1)N1CCN(C(=O)c2cc(Cn3c(=O)[nH]c(=O)c4ccccc43)ccc2F)CC1. The predicted molar refractivity (Wildman–Crippen MR) is 130 cm³/mol. The van der Waals surface area contributed by atoms with Crippen LogP contribution in [0.1, 0.15) is 26.4 Å². The number of hydrogen-bond acceptors (Lipinski definition) is 5. The normalized spacial score (nSPS) is 13.7. The van der Waals surface area contributed by atoms with Crippen molar-refractivity contribution in [1.29, 1.82) is 0 Å². The molecule has 9 nitrogen and oxygen atoms in total. The zero-order valence-electron chi connectivity index (χ0n) is 19.2. The Bertz CT molecular complexity index is 1570. The number of para-hydroxylation sites is 1. The molecule has 1 saturated heterocycles. The summed E-state index contributed by atoms with van der Waals surface area (Å²) >= 11 is 0. The molecule has 2 aromatic carbocycles. The Morgan fingerprint density at radius 1 is 0.889 bits per heavy atom. The molecule has 0 saturated carbocycles. The fourth-order valence-electron chi connectivity index (χ4n) is 4.35. The Balaban J connectivity index is 1.34. The predicted octanol–water partition coefficient (Wildman–Crippen LogP) is 1.87. The standard InChI is InChI=1S/C26H22FN5O4/c27-20-9-8-17(16-32-22-7-2-1-5-18(22)23(33)29-26(32)36)15-19(20)24(34)30-11-13-31(14-12-30)25(35)21-6-3-4-10-28-21/h1-10,15H,11-14,16H2,(H,29,33,36). The number of amides is 2. The Morgan fingerprint density at radius 2 is 1.58 bits per heavy atom. The van der Waals surface area contributed by atoms with Gasteiger partial charge in [0.15, 0.2) is 0 Å². The number of carbonyl (C=O) groups is 2. The molecule has 4 aromatic rings. The van der Waals surface area contributed by atoms with Gasteiger partial charge in [-0.3, -0.25) is 28.9 Å². The van der Waals surface area contributed by atoms with Crippen molar-refractivity contribution in [2.45, 2.75) is 6.54 Å². The average molecular weight is 487 g/mol. The minimum atomic E-state index is -0.672. The number of halogens is 1. The first kappa shape index (κ1) is 23.2. The molecule has 0 unspecified atom stereocenters. The highest BCUT2D eigenvalue weighted by atomic mass is 19.1. The highest BCUT2D eigenvalue weighted by Gasteiger charge is 2.27. The number of carbonyl (C=O) groups excluding carboxylic acids is 2. The smallest absolute Gasteiger partial charge is 0.329 e. The summed E-state index contributed by atoms with van der Waals surface area (Å²) in [7, 11) is 0. The van der Waals surface area contributed by atoms with Crippen molar-refractivity contribution < 1.29 is 14.0 Å². The van der Waals surface area contributed by atoms with Gasteiger partial charge in [-0.2, -0.15) is 0 Å². The van der Waals surface area contributed by atoms with Crippen molar-refractivity contribution in [3.63, 3.8) is 0 Å². The van der Waals surface area contributed by atoms with Gasteiger partial charge in [0.25, 0.3) is 17.4 Å². The Morgan fingerprint density at radius 3 is 2.31 bits per heavy atom. The molecule has 0 aliphatic carbocycles. The van der Waals surface area contributed by atoms with Crippen LogP contribution in [0.3, 0.4) is 0 Å². The fourth-order valence-corrected chi connectivity index (χ4v) is 4.35. The van der Waals surface area contributed by atoms with E-state index < -0.39 is 23.0 Å². The highest BCUT2D eigenvalue weighted by molar-refractivity contribution is 5.95. The van der Waals surface area contributed by atoms with Gasteiger partial charge in [0.05, 0.1) is 23.0 Å². The third-order valence-electron chi connectivity index (χ3n) is 6.25. The van der Waals surface area contributed by atoms with Crippen molar-refractivity contribution in [2.75, 3.05) is 26.2 Å². The third kappa shape index (κ3) is 4.40. The van der Waals surface area contributed by atoms with Gasteiger partial charge in [-0.05, 0) is 42.0 Å². The molecule has 0 spiro atoms. The number of fused-ring (bicyclic) bond motifs is 1. The summed E-state index contributed by atoms with van der Waals surface area (Å²) in [5, 5.41) is 0.355. The van der Waals surface area contributed by atoms with Crippen molar-refractivity contribution >= 4 is 22.7 Å². The number of aromatic nitrogens is 3. The van der Waals surface area contributed by atoms with E-state index in [0.717, 1.165) is 0 Å². The summed E-state index contributed by atoms with van der Waals surface area (Å²) in [4.78, 5) is 59.9. The van der Waals surface area contributed by atoms with Crippen molar-refractivity contribution in [2.24, 2.45) is 0 Å². The molecule has 0 atom stereocenters. The van der Waals surface area contributed by atoms with Crippen LogP contribution in [0, 0.1) is 5.82 Å². The van der Waals surface area contributed by atoms with Gasteiger partial charge in [0.2, 0.25) is 0 Å². The average Bonchev–Trinajstić information content (AvgIpc) is 2.91. The zero-order valence-corrected chi connectivity index (χ0v) is 19.2. The molecule has 2 amide bonds. The second-order valence-corrected chi connectivity index (χ2v) is 8.48. The number of benzene rings is 2. The first-order chi connectivity index (χ1) is 17.4. The van der Waals surface area contributed by atoms with Crippen LogP contribution in [-0.2, 0) is 6.54 Å². The fraction of sp³-hybridized carbons (Fsp3) is 0.192. The molecule has 1 aliphatic heterocycles. The minimum absolute atomic E-state index is 0.0447. The molecule has 3 heterocycles. The van der Waals surface area contributed by atoms with Crippen LogP contribution >= 0.6 is 0 Å². The number of pyridine rings is 1. The first-order valence-electron chi connectivity index (χ1n) is 11.4. The minimum Gasteiger partial charge on any atom is -0.335 e. The van der Waals surface area contributed by atoms with Crippen LogP contribution in [0.4, 0.5) is 4.39 Å². The van der Waals surface area contributed by atoms with Crippen LogP contribution in [0.5, 0.6) is 0 Å². The summed E-state index contributed by atoms with van der Waals surface area (Å²) in [6.45, 7) is 1.17. The Kier molecular flexibility index (Phi) is 6.16.